The minimum Gasteiger partial charge on any atom is -0.359 e. The Morgan fingerprint density at radius 2 is 1.18 bits per heavy atom. The van der Waals surface area contributed by atoms with E-state index in [1.165, 1.54) is 0 Å². The highest BCUT2D eigenvalue weighted by Gasteiger charge is 2.04. The van der Waals surface area contributed by atoms with Gasteiger partial charge in [0, 0.05) is 0 Å². The second-order valence-electron chi connectivity index (χ2n) is 3.43. The van der Waals surface area contributed by atoms with Crippen molar-refractivity contribution in [1.82, 2.24) is 13.0 Å². The minimum absolute atomic E-state index is 0.0343. The Balaban J connectivity index is 3.58. The summed E-state index contributed by atoms with van der Waals surface area (Å²) in [5, 5.41) is 0. The average molecular weight is 208 g/mol. The Kier molecular flexibility index (Phi) is 6.39. The van der Waals surface area contributed by atoms with Crippen LogP contribution in [0.1, 0.15) is 0 Å². The van der Waals surface area contributed by atoms with Crippen LogP contribution in [-0.2, 0) is 0 Å². The first kappa shape index (κ1) is 11.5. The van der Waals surface area contributed by atoms with Gasteiger partial charge in [0.25, 0.3) is 0 Å². The lowest BCUT2D eigenvalue weighted by atomic mass is 11.3. The van der Waals surface area contributed by atoms with E-state index in [2.05, 4.69) is 47.8 Å². The molecule has 0 aliphatic heterocycles. The van der Waals surface area contributed by atoms with Crippen molar-refractivity contribution in [2.75, 3.05) is 28.2 Å². The van der Waals surface area contributed by atoms with Crippen molar-refractivity contribution in [3.8, 4) is 0 Å². The van der Waals surface area contributed by atoms with Crippen molar-refractivity contribution in [3.63, 3.8) is 0 Å². The lowest BCUT2D eigenvalue weighted by Crippen LogP contribution is -2.46. The average Bonchev–Trinajstić information content (AvgIpc) is 1.84. The third-order valence-corrected chi connectivity index (χ3v) is 9.32. The molecule has 0 heterocycles. The zero-order valence-corrected chi connectivity index (χ0v) is 12.7. The quantitative estimate of drug-likeness (QED) is 0.463. The predicted octanol–water partition coefficient (Wildman–Crippen LogP) is -2.46. The maximum absolute atomic E-state index is 2.79. The first-order chi connectivity index (χ1) is 5.06. The Bertz CT molecular complexity index is 89.0. The molecule has 0 aliphatic rings. The molecule has 0 N–H and O–H groups in total. The van der Waals surface area contributed by atoms with Crippen LogP contribution in [0.5, 0.6) is 0 Å². The smallest absolute Gasteiger partial charge is 0.159 e. The Labute approximate surface area is 77.6 Å². The summed E-state index contributed by atoms with van der Waals surface area (Å²) < 4.78 is 7.58. The molecule has 0 saturated heterocycles. The summed E-state index contributed by atoms with van der Waals surface area (Å²) in [4.78, 5) is 0. The van der Waals surface area contributed by atoms with Crippen molar-refractivity contribution in [2.24, 2.45) is 0 Å². The SMILES string of the molecule is C[SiH2]N([SiH2]N(C)C)[SiH2]N(C)C. The first-order valence-corrected chi connectivity index (χ1v) is 8.65. The molecule has 0 aromatic rings. The van der Waals surface area contributed by atoms with E-state index < -0.39 is 0 Å². The van der Waals surface area contributed by atoms with E-state index in [-0.39, 0.29) is 29.4 Å². The Morgan fingerprint density at radius 1 is 0.818 bits per heavy atom. The van der Waals surface area contributed by atoms with E-state index in [9.17, 15) is 0 Å². The van der Waals surface area contributed by atoms with Crippen LogP contribution >= 0.6 is 0 Å². The van der Waals surface area contributed by atoms with Gasteiger partial charge in [0.1, 0.15) is 0 Å². The van der Waals surface area contributed by atoms with Crippen molar-refractivity contribution in [1.29, 1.82) is 0 Å². The zero-order valence-electron chi connectivity index (χ0n) is 8.46. The van der Waals surface area contributed by atoms with Crippen LogP contribution in [0.3, 0.4) is 0 Å². The van der Waals surface area contributed by atoms with Gasteiger partial charge in [-0.05, 0) is 28.2 Å². The molecule has 0 fully saturated rings. The molecule has 0 aliphatic carbocycles. The molecular formula is C5H21N3Si3. The first-order valence-electron chi connectivity index (χ1n) is 4.08. The van der Waals surface area contributed by atoms with Crippen molar-refractivity contribution in [3.05, 3.63) is 0 Å². The van der Waals surface area contributed by atoms with Crippen molar-refractivity contribution in [2.45, 2.75) is 6.55 Å². The lowest BCUT2D eigenvalue weighted by Gasteiger charge is -2.26. The van der Waals surface area contributed by atoms with Gasteiger partial charge in [0.15, 0.2) is 19.7 Å². The van der Waals surface area contributed by atoms with E-state index in [1.54, 1.807) is 0 Å². The van der Waals surface area contributed by atoms with Gasteiger partial charge in [0.2, 0.25) is 0 Å². The van der Waals surface area contributed by atoms with E-state index >= 15 is 0 Å². The number of rotatable bonds is 5. The largest absolute Gasteiger partial charge is 0.359 e. The molecule has 0 aromatic heterocycles. The second-order valence-corrected chi connectivity index (χ2v) is 12.5. The van der Waals surface area contributed by atoms with Gasteiger partial charge in [-0.15, -0.1) is 0 Å². The van der Waals surface area contributed by atoms with E-state index in [4.69, 9.17) is 0 Å². The van der Waals surface area contributed by atoms with Gasteiger partial charge in [-0.2, -0.15) is 0 Å². The molecule has 0 radical (unpaired) electrons. The minimum atomic E-state index is -0.0343. The molecule has 0 rings (SSSR count). The highest BCUT2D eigenvalue weighted by Crippen LogP contribution is 1.83. The Morgan fingerprint density at radius 3 is 1.36 bits per heavy atom. The maximum atomic E-state index is 2.79. The van der Waals surface area contributed by atoms with Gasteiger partial charge < -0.3 is 13.0 Å². The predicted molar refractivity (Wildman–Crippen MR) is 60.7 cm³/mol. The molecule has 0 unspecified atom stereocenters. The fraction of sp³-hybridized carbons (Fsp3) is 1.00. The van der Waals surface area contributed by atoms with Crippen LogP contribution in [-0.4, -0.2) is 70.6 Å². The van der Waals surface area contributed by atoms with E-state index in [0.717, 1.165) is 0 Å². The molecule has 0 bridgehead atoms. The molecule has 0 aromatic carbocycles. The summed E-state index contributed by atoms with van der Waals surface area (Å²) in [5.41, 5.74) is 0. The van der Waals surface area contributed by atoms with Gasteiger partial charge in [-0.1, -0.05) is 6.55 Å². The summed E-state index contributed by atoms with van der Waals surface area (Å²) >= 11 is 0. The summed E-state index contributed by atoms with van der Waals surface area (Å²) in [5.74, 6) is 0. The van der Waals surface area contributed by atoms with Crippen LogP contribution in [0.25, 0.3) is 0 Å². The molecule has 6 heteroatoms. The van der Waals surface area contributed by atoms with Crippen LogP contribution in [0.2, 0.25) is 6.55 Å². The van der Waals surface area contributed by atoms with Crippen LogP contribution in [0.15, 0.2) is 0 Å². The highest BCUT2D eigenvalue weighted by molar-refractivity contribution is 6.63. The van der Waals surface area contributed by atoms with Crippen molar-refractivity contribution < 1.29 is 0 Å². The zero-order chi connectivity index (χ0) is 8.85. The summed E-state index contributed by atoms with van der Waals surface area (Å²) in [6.45, 7) is 2.40. The van der Waals surface area contributed by atoms with Crippen molar-refractivity contribution >= 4 is 29.4 Å². The number of hydrogen-bond donors (Lipinski definition) is 0. The van der Waals surface area contributed by atoms with Crippen LogP contribution < -0.4 is 0 Å². The topological polar surface area (TPSA) is 9.72 Å². The lowest BCUT2D eigenvalue weighted by molar-refractivity contribution is 0.599. The van der Waals surface area contributed by atoms with E-state index in [1.807, 2.05) is 0 Å². The summed E-state index contributed by atoms with van der Waals surface area (Å²) in [6, 6.07) is 0. The normalized spacial score (nSPS) is 15.3. The Hall–Kier alpha value is 0.531. The molecule has 68 valence electrons. The third-order valence-electron chi connectivity index (χ3n) is 1.41. The molecule has 3 nitrogen and oxygen atoms in total. The van der Waals surface area contributed by atoms with Gasteiger partial charge in [-0.3, -0.25) is 0 Å². The number of nitrogens with zero attached hydrogens (tertiary/aromatic N) is 3. The molecule has 11 heavy (non-hydrogen) atoms. The third kappa shape index (κ3) is 6.91. The summed E-state index contributed by atoms with van der Waals surface area (Å²) in [7, 11) is 8.85. The van der Waals surface area contributed by atoms with Gasteiger partial charge in [0.05, 0.1) is 9.68 Å². The van der Waals surface area contributed by atoms with Gasteiger partial charge >= 0.3 is 0 Å². The molecular weight excluding hydrogens is 186 g/mol. The monoisotopic (exact) mass is 207 g/mol. The maximum Gasteiger partial charge on any atom is 0.159 e. The molecule has 0 atom stereocenters. The summed E-state index contributed by atoms with van der Waals surface area (Å²) in [6.07, 6.45) is 0. The van der Waals surface area contributed by atoms with Gasteiger partial charge in [-0.25, -0.2) is 0 Å². The fourth-order valence-electron chi connectivity index (χ4n) is 1.04. The molecule has 0 saturated carbocycles. The fourth-order valence-corrected chi connectivity index (χ4v) is 9.40. The second kappa shape index (κ2) is 6.09. The van der Waals surface area contributed by atoms with Crippen LogP contribution in [0, 0.1) is 0 Å². The standard InChI is InChI=1S/C5H21N3Si3/c1-6(2)10-8(9-5)11-7(3)4/h9-11H2,1-5H3. The van der Waals surface area contributed by atoms with Crippen LogP contribution in [0.4, 0.5) is 0 Å². The highest BCUT2D eigenvalue weighted by atomic mass is 28.4. The molecule has 0 amide bonds. The van der Waals surface area contributed by atoms with E-state index in [0.29, 0.717) is 0 Å². The molecule has 0 spiro atoms. The number of hydrogen-bond acceptors (Lipinski definition) is 3.